The molecule has 3 nitrogen and oxygen atoms in total. The molecule has 0 saturated carbocycles. The van der Waals surface area contributed by atoms with E-state index in [4.69, 9.17) is 9.47 Å². The first-order valence-electron chi connectivity index (χ1n) is 8.29. The summed E-state index contributed by atoms with van der Waals surface area (Å²) >= 11 is 0. The van der Waals surface area contributed by atoms with Crippen molar-refractivity contribution in [3.63, 3.8) is 0 Å². The highest BCUT2D eigenvalue weighted by molar-refractivity contribution is 5.87. The molecule has 0 atom stereocenters. The number of hydrogen-bond acceptors (Lipinski definition) is 3. The van der Waals surface area contributed by atoms with Crippen LogP contribution in [0.3, 0.4) is 0 Å². The van der Waals surface area contributed by atoms with E-state index in [1.165, 1.54) is 16.3 Å². The van der Waals surface area contributed by atoms with Crippen molar-refractivity contribution in [2.45, 2.75) is 20.0 Å². The SMILES string of the molecule is CCOc1ccc2ccccc2c1CNCc1ccccc1OC. The summed E-state index contributed by atoms with van der Waals surface area (Å²) in [4.78, 5) is 0. The van der Waals surface area contributed by atoms with Gasteiger partial charge in [-0.2, -0.15) is 0 Å². The lowest BCUT2D eigenvalue weighted by Gasteiger charge is -2.15. The number of nitrogens with one attached hydrogen (secondary N) is 1. The molecule has 0 unspecified atom stereocenters. The summed E-state index contributed by atoms with van der Waals surface area (Å²) in [5.41, 5.74) is 2.35. The zero-order chi connectivity index (χ0) is 16.8. The Balaban J connectivity index is 1.82. The van der Waals surface area contributed by atoms with E-state index < -0.39 is 0 Å². The van der Waals surface area contributed by atoms with Crippen LogP contribution in [0.1, 0.15) is 18.1 Å². The largest absolute Gasteiger partial charge is 0.496 e. The predicted molar refractivity (Wildman–Crippen MR) is 98.7 cm³/mol. The van der Waals surface area contributed by atoms with Gasteiger partial charge in [0, 0.05) is 24.2 Å². The Morgan fingerprint density at radius 3 is 2.46 bits per heavy atom. The van der Waals surface area contributed by atoms with Gasteiger partial charge in [0.15, 0.2) is 0 Å². The monoisotopic (exact) mass is 321 g/mol. The van der Waals surface area contributed by atoms with E-state index >= 15 is 0 Å². The average Bonchev–Trinajstić information content (AvgIpc) is 2.63. The Kier molecular flexibility index (Phi) is 5.34. The Morgan fingerprint density at radius 1 is 0.833 bits per heavy atom. The quantitative estimate of drug-likeness (QED) is 0.693. The van der Waals surface area contributed by atoms with E-state index in [0.29, 0.717) is 6.61 Å². The zero-order valence-corrected chi connectivity index (χ0v) is 14.2. The molecule has 1 N–H and O–H groups in total. The first kappa shape index (κ1) is 16.3. The van der Waals surface area contributed by atoms with E-state index in [9.17, 15) is 0 Å². The highest BCUT2D eigenvalue weighted by Crippen LogP contribution is 2.28. The first-order chi connectivity index (χ1) is 11.8. The lowest BCUT2D eigenvalue weighted by atomic mass is 10.0. The van der Waals surface area contributed by atoms with Crippen LogP contribution in [0.5, 0.6) is 11.5 Å². The Labute approximate surface area is 143 Å². The second kappa shape index (κ2) is 7.84. The minimum Gasteiger partial charge on any atom is -0.496 e. The van der Waals surface area contributed by atoms with Gasteiger partial charge in [0.05, 0.1) is 13.7 Å². The van der Waals surface area contributed by atoms with Crippen molar-refractivity contribution in [1.82, 2.24) is 5.32 Å². The maximum atomic E-state index is 5.83. The highest BCUT2D eigenvalue weighted by atomic mass is 16.5. The molecule has 3 heteroatoms. The fourth-order valence-corrected chi connectivity index (χ4v) is 2.96. The molecule has 3 aromatic carbocycles. The Morgan fingerprint density at radius 2 is 1.62 bits per heavy atom. The van der Waals surface area contributed by atoms with Crippen LogP contribution in [-0.4, -0.2) is 13.7 Å². The average molecular weight is 321 g/mol. The molecular weight excluding hydrogens is 298 g/mol. The summed E-state index contributed by atoms with van der Waals surface area (Å²) in [6.07, 6.45) is 0. The molecule has 0 radical (unpaired) electrons. The van der Waals surface area contributed by atoms with Gasteiger partial charge in [-0.1, -0.05) is 48.5 Å². The number of benzene rings is 3. The van der Waals surface area contributed by atoms with Gasteiger partial charge in [-0.05, 0) is 29.8 Å². The number of fused-ring (bicyclic) bond motifs is 1. The first-order valence-corrected chi connectivity index (χ1v) is 8.29. The molecule has 24 heavy (non-hydrogen) atoms. The van der Waals surface area contributed by atoms with Crippen LogP contribution in [0, 0.1) is 0 Å². The van der Waals surface area contributed by atoms with Crippen LogP contribution in [0.4, 0.5) is 0 Å². The molecule has 0 heterocycles. The van der Waals surface area contributed by atoms with Crippen LogP contribution < -0.4 is 14.8 Å². The fourth-order valence-electron chi connectivity index (χ4n) is 2.96. The van der Waals surface area contributed by atoms with Crippen molar-refractivity contribution in [1.29, 1.82) is 0 Å². The Bertz CT molecular complexity index is 814. The van der Waals surface area contributed by atoms with Crippen molar-refractivity contribution in [3.05, 3.63) is 71.8 Å². The number of rotatable bonds is 7. The summed E-state index contributed by atoms with van der Waals surface area (Å²) in [7, 11) is 1.71. The number of methoxy groups -OCH3 is 1. The lowest BCUT2D eigenvalue weighted by Crippen LogP contribution is -2.14. The molecule has 0 aliphatic rings. The van der Waals surface area contributed by atoms with Crippen molar-refractivity contribution in [2.75, 3.05) is 13.7 Å². The maximum absolute atomic E-state index is 5.83. The molecule has 0 bridgehead atoms. The van der Waals surface area contributed by atoms with E-state index in [0.717, 1.165) is 30.2 Å². The van der Waals surface area contributed by atoms with Gasteiger partial charge < -0.3 is 14.8 Å². The summed E-state index contributed by atoms with van der Waals surface area (Å²) in [6.45, 7) is 4.17. The van der Waals surface area contributed by atoms with E-state index in [1.54, 1.807) is 7.11 Å². The molecule has 0 fully saturated rings. The molecule has 0 aliphatic carbocycles. The second-order valence-corrected chi connectivity index (χ2v) is 5.61. The van der Waals surface area contributed by atoms with Gasteiger partial charge in [0.2, 0.25) is 0 Å². The van der Waals surface area contributed by atoms with Gasteiger partial charge in [-0.25, -0.2) is 0 Å². The highest BCUT2D eigenvalue weighted by Gasteiger charge is 2.09. The van der Waals surface area contributed by atoms with Gasteiger partial charge in [-0.3, -0.25) is 0 Å². The maximum Gasteiger partial charge on any atom is 0.124 e. The lowest BCUT2D eigenvalue weighted by molar-refractivity contribution is 0.336. The van der Waals surface area contributed by atoms with Crippen molar-refractivity contribution >= 4 is 10.8 Å². The minimum absolute atomic E-state index is 0.665. The predicted octanol–water partition coefficient (Wildman–Crippen LogP) is 4.54. The molecule has 0 aromatic heterocycles. The van der Waals surface area contributed by atoms with Crippen LogP contribution in [0.25, 0.3) is 10.8 Å². The summed E-state index contributed by atoms with van der Waals surface area (Å²) < 4.78 is 11.2. The van der Waals surface area contributed by atoms with Crippen molar-refractivity contribution in [2.24, 2.45) is 0 Å². The van der Waals surface area contributed by atoms with Gasteiger partial charge in [-0.15, -0.1) is 0 Å². The smallest absolute Gasteiger partial charge is 0.124 e. The minimum atomic E-state index is 0.665. The third kappa shape index (κ3) is 3.52. The summed E-state index contributed by atoms with van der Waals surface area (Å²) in [5, 5.41) is 5.99. The van der Waals surface area contributed by atoms with Gasteiger partial charge in [0.25, 0.3) is 0 Å². The standard InChI is InChI=1S/C21H23NO2/c1-3-24-21-13-12-16-8-4-6-10-18(16)19(21)15-22-14-17-9-5-7-11-20(17)23-2/h4-13,22H,3,14-15H2,1-2H3. The fraction of sp³-hybridized carbons (Fsp3) is 0.238. The number of ether oxygens (including phenoxy) is 2. The normalized spacial score (nSPS) is 10.8. The van der Waals surface area contributed by atoms with Gasteiger partial charge >= 0.3 is 0 Å². The van der Waals surface area contributed by atoms with E-state index in [2.05, 4.69) is 47.8 Å². The van der Waals surface area contributed by atoms with Crippen molar-refractivity contribution < 1.29 is 9.47 Å². The third-order valence-corrected chi connectivity index (χ3v) is 4.11. The third-order valence-electron chi connectivity index (χ3n) is 4.11. The van der Waals surface area contributed by atoms with Crippen LogP contribution in [0.15, 0.2) is 60.7 Å². The number of para-hydroxylation sites is 1. The summed E-state index contributed by atoms with van der Waals surface area (Å²) in [5.74, 6) is 1.86. The number of hydrogen-bond donors (Lipinski definition) is 1. The molecule has 0 aliphatic heterocycles. The zero-order valence-electron chi connectivity index (χ0n) is 14.2. The summed E-state index contributed by atoms with van der Waals surface area (Å²) in [6, 6.07) is 20.7. The molecule has 0 amide bonds. The topological polar surface area (TPSA) is 30.5 Å². The van der Waals surface area contributed by atoms with Crippen LogP contribution >= 0.6 is 0 Å². The van der Waals surface area contributed by atoms with Crippen LogP contribution in [-0.2, 0) is 13.1 Å². The second-order valence-electron chi connectivity index (χ2n) is 5.61. The molecule has 3 aromatic rings. The van der Waals surface area contributed by atoms with E-state index in [1.807, 2.05) is 25.1 Å². The molecular formula is C21H23NO2. The molecule has 0 saturated heterocycles. The molecule has 0 spiro atoms. The Hall–Kier alpha value is -2.52. The van der Waals surface area contributed by atoms with Gasteiger partial charge in [0.1, 0.15) is 11.5 Å². The van der Waals surface area contributed by atoms with Crippen molar-refractivity contribution in [3.8, 4) is 11.5 Å². The molecule has 3 rings (SSSR count). The van der Waals surface area contributed by atoms with Crippen LogP contribution in [0.2, 0.25) is 0 Å². The molecule has 124 valence electrons. The van der Waals surface area contributed by atoms with E-state index in [-0.39, 0.29) is 0 Å².